The van der Waals surface area contributed by atoms with Gasteiger partial charge in [-0.3, -0.25) is 0 Å². The number of hydrogen-bond acceptors (Lipinski definition) is 2. The van der Waals surface area contributed by atoms with Gasteiger partial charge in [0.1, 0.15) is 0 Å². The minimum atomic E-state index is -0.941. The lowest BCUT2D eigenvalue weighted by molar-refractivity contribution is 0.0697. The normalized spacial score (nSPS) is 17.6. The summed E-state index contributed by atoms with van der Waals surface area (Å²) in [6.07, 6.45) is 4.94. The van der Waals surface area contributed by atoms with Crippen molar-refractivity contribution in [3.63, 3.8) is 0 Å². The van der Waals surface area contributed by atoms with Crippen LogP contribution < -0.4 is 10.6 Å². The highest BCUT2D eigenvalue weighted by atomic mass is 16.4. The number of nitrogens with one attached hydrogen (secondary N) is 2. The number of amides is 2. The van der Waals surface area contributed by atoms with Gasteiger partial charge in [-0.15, -0.1) is 0 Å². The molecule has 21 heavy (non-hydrogen) atoms. The van der Waals surface area contributed by atoms with Crippen molar-refractivity contribution in [2.75, 3.05) is 0 Å². The quantitative estimate of drug-likeness (QED) is 0.752. The Morgan fingerprint density at radius 1 is 1.10 bits per heavy atom. The highest BCUT2D eigenvalue weighted by Gasteiger charge is 2.42. The van der Waals surface area contributed by atoms with Crippen LogP contribution in [0.4, 0.5) is 4.79 Å². The molecule has 2 aliphatic rings. The molecule has 2 amide bonds. The molecule has 2 fully saturated rings. The van der Waals surface area contributed by atoms with E-state index in [0.29, 0.717) is 24.4 Å². The van der Waals surface area contributed by atoms with Crippen LogP contribution in [0.25, 0.3) is 0 Å². The third-order valence-electron chi connectivity index (χ3n) is 4.21. The predicted molar refractivity (Wildman–Crippen MR) is 78.0 cm³/mol. The zero-order valence-electron chi connectivity index (χ0n) is 11.8. The summed E-state index contributed by atoms with van der Waals surface area (Å²) >= 11 is 0. The molecule has 2 aliphatic carbocycles. The van der Waals surface area contributed by atoms with Crippen LogP contribution >= 0.6 is 0 Å². The van der Waals surface area contributed by atoms with Crippen molar-refractivity contribution in [1.29, 1.82) is 0 Å². The van der Waals surface area contributed by atoms with Gasteiger partial charge in [0.05, 0.1) is 5.56 Å². The Hall–Kier alpha value is -2.04. The van der Waals surface area contributed by atoms with Crippen LogP contribution in [0.5, 0.6) is 0 Å². The molecule has 112 valence electrons. The lowest BCUT2D eigenvalue weighted by Crippen LogP contribution is -2.44. The van der Waals surface area contributed by atoms with Crippen molar-refractivity contribution in [2.45, 2.75) is 38.3 Å². The van der Waals surface area contributed by atoms with Gasteiger partial charge in [-0.1, -0.05) is 12.1 Å². The highest BCUT2D eigenvalue weighted by Crippen LogP contribution is 2.44. The average Bonchev–Trinajstić information content (AvgIpc) is 3.36. The van der Waals surface area contributed by atoms with Gasteiger partial charge < -0.3 is 15.7 Å². The number of carboxylic acids is 1. The van der Waals surface area contributed by atoms with E-state index >= 15 is 0 Å². The first-order valence-electron chi connectivity index (χ1n) is 7.50. The Morgan fingerprint density at radius 2 is 1.67 bits per heavy atom. The maximum absolute atomic E-state index is 12.0. The fourth-order valence-electron chi connectivity index (χ4n) is 2.68. The Kier molecular flexibility index (Phi) is 3.82. The number of benzene rings is 1. The van der Waals surface area contributed by atoms with E-state index in [-0.39, 0.29) is 11.6 Å². The highest BCUT2D eigenvalue weighted by molar-refractivity contribution is 5.87. The standard InChI is InChI=1S/C16H20N2O3/c19-15(20)13-3-1-10(2-4-13)9-17-16(21)18-14(11-5-6-11)12-7-8-12/h1-4,11-12,14H,5-9H2,(H,19,20)(H2,17,18,21). The molecule has 0 unspecified atom stereocenters. The molecule has 0 atom stereocenters. The molecule has 3 N–H and O–H groups in total. The summed E-state index contributed by atoms with van der Waals surface area (Å²) in [6.45, 7) is 0.411. The van der Waals surface area contributed by atoms with Crippen molar-refractivity contribution < 1.29 is 14.7 Å². The van der Waals surface area contributed by atoms with Crippen LogP contribution in [-0.4, -0.2) is 23.1 Å². The Bertz CT molecular complexity index is 521. The van der Waals surface area contributed by atoms with Gasteiger partial charge in [0.2, 0.25) is 0 Å². The molecule has 0 saturated heterocycles. The summed E-state index contributed by atoms with van der Waals surface area (Å²) in [6, 6.07) is 6.77. The molecular formula is C16H20N2O3. The summed E-state index contributed by atoms with van der Waals surface area (Å²) in [7, 11) is 0. The Balaban J connectivity index is 1.47. The molecule has 0 aliphatic heterocycles. The minimum Gasteiger partial charge on any atom is -0.478 e. The predicted octanol–water partition coefficient (Wildman–Crippen LogP) is 2.37. The van der Waals surface area contributed by atoms with Crippen LogP contribution in [0, 0.1) is 11.8 Å². The zero-order chi connectivity index (χ0) is 14.8. The van der Waals surface area contributed by atoms with Crippen molar-refractivity contribution in [3.8, 4) is 0 Å². The van der Waals surface area contributed by atoms with Crippen LogP contribution in [0.2, 0.25) is 0 Å². The van der Waals surface area contributed by atoms with Crippen LogP contribution in [0.1, 0.15) is 41.6 Å². The fraction of sp³-hybridized carbons (Fsp3) is 0.500. The van der Waals surface area contributed by atoms with Crippen molar-refractivity contribution in [1.82, 2.24) is 10.6 Å². The number of carboxylic acid groups (broad SMARTS) is 1. The number of urea groups is 1. The van der Waals surface area contributed by atoms with Crippen LogP contribution in [0.3, 0.4) is 0 Å². The van der Waals surface area contributed by atoms with Gasteiger partial charge in [-0.25, -0.2) is 9.59 Å². The van der Waals surface area contributed by atoms with E-state index in [9.17, 15) is 9.59 Å². The maximum atomic E-state index is 12.0. The van der Waals surface area contributed by atoms with E-state index < -0.39 is 5.97 Å². The number of hydrogen-bond donors (Lipinski definition) is 3. The molecule has 5 nitrogen and oxygen atoms in total. The van der Waals surface area contributed by atoms with Gasteiger partial charge >= 0.3 is 12.0 Å². The van der Waals surface area contributed by atoms with E-state index in [1.165, 1.54) is 25.7 Å². The first kappa shape index (κ1) is 13.9. The van der Waals surface area contributed by atoms with Gasteiger partial charge in [-0.05, 0) is 55.2 Å². The molecule has 3 rings (SSSR count). The molecule has 1 aromatic rings. The Morgan fingerprint density at radius 3 is 2.14 bits per heavy atom. The molecule has 5 heteroatoms. The second kappa shape index (κ2) is 5.76. The number of carbonyl (C=O) groups excluding carboxylic acids is 1. The van der Waals surface area contributed by atoms with E-state index in [1.54, 1.807) is 24.3 Å². The average molecular weight is 288 g/mol. The van der Waals surface area contributed by atoms with Gasteiger partial charge in [-0.2, -0.15) is 0 Å². The maximum Gasteiger partial charge on any atom is 0.335 e. The van der Waals surface area contributed by atoms with Gasteiger partial charge in [0, 0.05) is 12.6 Å². The summed E-state index contributed by atoms with van der Waals surface area (Å²) in [5, 5.41) is 14.8. The smallest absolute Gasteiger partial charge is 0.335 e. The molecule has 0 spiro atoms. The minimum absolute atomic E-state index is 0.124. The van der Waals surface area contributed by atoms with Crippen molar-refractivity contribution >= 4 is 12.0 Å². The van der Waals surface area contributed by atoms with Crippen molar-refractivity contribution in [2.24, 2.45) is 11.8 Å². The zero-order valence-corrected chi connectivity index (χ0v) is 11.8. The monoisotopic (exact) mass is 288 g/mol. The second-order valence-electron chi connectivity index (χ2n) is 6.03. The molecule has 0 radical (unpaired) electrons. The largest absolute Gasteiger partial charge is 0.478 e. The molecule has 0 aromatic heterocycles. The van der Waals surface area contributed by atoms with E-state index in [2.05, 4.69) is 10.6 Å². The van der Waals surface area contributed by atoms with Gasteiger partial charge in [0.25, 0.3) is 0 Å². The number of carbonyl (C=O) groups is 2. The third-order valence-corrected chi connectivity index (χ3v) is 4.21. The summed E-state index contributed by atoms with van der Waals surface area (Å²) < 4.78 is 0. The Labute approximate surface area is 123 Å². The molecule has 0 bridgehead atoms. The first-order chi connectivity index (χ1) is 10.1. The summed E-state index contributed by atoms with van der Waals surface area (Å²) in [5.74, 6) is 0.417. The van der Waals surface area contributed by atoms with E-state index in [4.69, 9.17) is 5.11 Å². The lowest BCUT2D eigenvalue weighted by Gasteiger charge is -2.18. The third kappa shape index (κ3) is 3.74. The molecule has 0 heterocycles. The molecular weight excluding hydrogens is 268 g/mol. The van der Waals surface area contributed by atoms with Crippen molar-refractivity contribution in [3.05, 3.63) is 35.4 Å². The summed E-state index contributed by atoms with van der Waals surface area (Å²) in [4.78, 5) is 22.7. The van der Waals surface area contributed by atoms with E-state index in [1.807, 2.05) is 0 Å². The first-order valence-corrected chi connectivity index (χ1v) is 7.50. The number of aromatic carboxylic acids is 1. The second-order valence-corrected chi connectivity index (χ2v) is 6.03. The molecule has 2 saturated carbocycles. The number of rotatable bonds is 6. The summed E-state index contributed by atoms with van der Waals surface area (Å²) in [5.41, 5.74) is 1.15. The lowest BCUT2D eigenvalue weighted by atomic mass is 10.1. The van der Waals surface area contributed by atoms with Crippen LogP contribution in [0.15, 0.2) is 24.3 Å². The SMILES string of the molecule is O=C(NCc1ccc(C(=O)O)cc1)NC(C1CC1)C1CC1. The topological polar surface area (TPSA) is 78.4 Å². The van der Waals surface area contributed by atoms with Gasteiger partial charge in [0.15, 0.2) is 0 Å². The molecule has 1 aromatic carbocycles. The van der Waals surface area contributed by atoms with E-state index in [0.717, 1.165) is 5.56 Å². The fourth-order valence-corrected chi connectivity index (χ4v) is 2.68. The van der Waals surface area contributed by atoms with Crippen LogP contribution in [-0.2, 0) is 6.54 Å².